The van der Waals surface area contributed by atoms with E-state index in [2.05, 4.69) is 10.2 Å². The van der Waals surface area contributed by atoms with Crippen molar-refractivity contribution in [3.8, 4) is 23.1 Å². The summed E-state index contributed by atoms with van der Waals surface area (Å²) in [7, 11) is 0. The molecule has 0 aliphatic carbocycles. The second kappa shape index (κ2) is 10.3. The Bertz CT molecular complexity index is 1480. The Balaban J connectivity index is 0.00000320. The van der Waals surface area contributed by atoms with Gasteiger partial charge in [0.25, 0.3) is 5.69 Å². The maximum absolute atomic E-state index is 12.0. The van der Waals surface area contributed by atoms with Gasteiger partial charge in [-0.2, -0.15) is 10.2 Å². The zero-order valence-corrected chi connectivity index (χ0v) is 20.9. The number of hydrogen-bond acceptors (Lipinski definition) is 6. The van der Waals surface area contributed by atoms with E-state index >= 15 is 0 Å². The zero-order chi connectivity index (χ0) is 25.4. The molecule has 9 nitrogen and oxygen atoms in total. The predicted octanol–water partition coefficient (Wildman–Crippen LogP) is 5.17. The molecule has 191 valence electrons. The average molecular weight is 545 g/mol. The summed E-state index contributed by atoms with van der Waals surface area (Å²) in [6.45, 7) is 3.45. The van der Waals surface area contributed by atoms with E-state index in [1.54, 1.807) is 56.3 Å². The smallest absolute Gasteiger partial charge is 0.273 e. The summed E-state index contributed by atoms with van der Waals surface area (Å²) in [6.07, 6.45) is 0. The van der Waals surface area contributed by atoms with Gasteiger partial charge in [-0.1, -0.05) is 54.6 Å². The first kappa shape index (κ1) is 25.7. The molecule has 1 radical (unpaired) electrons. The van der Waals surface area contributed by atoms with Gasteiger partial charge in [0.2, 0.25) is 11.8 Å². The van der Waals surface area contributed by atoms with E-state index in [-0.39, 0.29) is 34.5 Å². The van der Waals surface area contributed by atoms with Crippen LogP contribution in [0.15, 0.2) is 84.9 Å². The molecule has 0 fully saturated rings. The molecular formula is C27H23CuN5O4. The Kier molecular flexibility index (Phi) is 7.15. The fourth-order valence-corrected chi connectivity index (χ4v) is 4.58. The summed E-state index contributed by atoms with van der Waals surface area (Å²) in [5.41, 5.74) is 3.05. The van der Waals surface area contributed by atoms with Gasteiger partial charge in [-0.3, -0.25) is 10.1 Å². The molecule has 0 aliphatic rings. The van der Waals surface area contributed by atoms with Crippen LogP contribution >= 0.6 is 0 Å². The minimum Gasteiger partial charge on any atom is -0.493 e. The molecule has 0 saturated carbocycles. The molecule has 0 aliphatic heterocycles. The van der Waals surface area contributed by atoms with Crippen molar-refractivity contribution in [2.45, 2.75) is 19.8 Å². The van der Waals surface area contributed by atoms with Crippen molar-refractivity contribution >= 4 is 5.69 Å². The molecule has 2 heterocycles. The second-order valence-electron chi connectivity index (χ2n) is 8.39. The van der Waals surface area contributed by atoms with E-state index < -0.39 is 10.8 Å². The van der Waals surface area contributed by atoms with Gasteiger partial charge in [-0.25, -0.2) is 9.36 Å². The van der Waals surface area contributed by atoms with Crippen LogP contribution in [-0.2, 0) is 17.1 Å². The number of aryl methyl sites for hydroxylation is 2. The quantitative estimate of drug-likeness (QED) is 0.173. The summed E-state index contributed by atoms with van der Waals surface area (Å²) in [4.78, 5) is 11.6. The van der Waals surface area contributed by atoms with Crippen molar-refractivity contribution in [1.29, 1.82) is 0 Å². The minimum absolute atomic E-state index is 0. The number of rotatable bonds is 6. The van der Waals surface area contributed by atoms with E-state index in [0.29, 0.717) is 39.5 Å². The Morgan fingerprint density at radius 3 is 1.57 bits per heavy atom. The summed E-state index contributed by atoms with van der Waals surface area (Å²) in [5.74, 6) is -1.26. The van der Waals surface area contributed by atoms with Gasteiger partial charge in [0.1, 0.15) is 0 Å². The van der Waals surface area contributed by atoms with Gasteiger partial charge in [0, 0.05) is 39.8 Å². The van der Waals surface area contributed by atoms with Crippen molar-refractivity contribution in [2.24, 2.45) is 0 Å². The molecule has 2 aromatic heterocycles. The van der Waals surface area contributed by atoms with Gasteiger partial charge in [0.05, 0.1) is 33.6 Å². The zero-order valence-electron chi connectivity index (χ0n) is 19.9. The first-order valence-electron chi connectivity index (χ1n) is 11.3. The van der Waals surface area contributed by atoms with Crippen molar-refractivity contribution in [2.75, 3.05) is 0 Å². The number of nitro groups is 1. The molecular weight excluding hydrogens is 522 g/mol. The minimum atomic E-state index is -0.915. The van der Waals surface area contributed by atoms with Crippen LogP contribution in [0.3, 0.4) is 0 Å². The number of hydrogen-bond donors (Lipinski definition) is 2. The molecule has 0 amide bonds. The van der Waals surface area contributed by atoms with Crippen LogP contribution in [0, 0.1) is 24.0 Å². The maximum Gasteiger partial charge on any atom is 0.273 e. The van der Waals surface area contributed by atoms with Gasteiger partial charge in [-0.05, 0) is 38.1 Å². The normalized spacial score (nSPS) is 10.9. The van der Waals surface area contributed by atoms with Crippen molar-refractivity contribution < 1.29 is 32.2 Å². The second-order valence-corrected chi connectivity index (χ2v) is 8.39. The molecule has 0 spiro atoms. The van der Waals surface area contributed by atoms with Crippen LogP contribution in [-0.4, -0.2) is 34.7 Å². The number of aromatic hydroxyl groups is 2. The van der Waals surface area contributed by atoms with Crippen LogP contribution < -0.4 is 0 Å². The monoisotopic (exact) mass is 544 g/mol. The largest absolute Gasteiger partial charge is 0.493 e. The van der Waals surface area contributed by atoms with Gasteiger partial charge >= 0.3 is 0 Å². The summed E-state index contributed by atoms with van der Waals surface area (Å²) >= 11 is 0. The standard InChI is InChI=1S/C27H23N5O4.Cu/c1-17-23(26(33)30(28-17)19-11-5-3-6-12-19)25(21-15-9-10-16-22(21)32(35)36)24-18(2)29-31(27(24)34)20-13-7-4-8-14-20;/h3-16,25,33-34H,1-2H3;. The fourth-order valence-electron chi connectivity index (χ4n) is 4.58. The molecule has 0 unspecified atom stereocenters. The molecule has 5 rings (SSSR count). The predicted molar refractivity (Wildman–Crippen MR) is 134 cm³/mol. The molecule has 0 bridgehead atoms. The van der Waals surface area contributed by atoms with Crippen molar-refractivity contribution in [3.05, 3.63) is 123 Å². The van der Waals surface area contributed by atoms with Gasteiger partial charge in [0.15, 0.2) is 0 Å². The molecule has 5 aromatic rings. The summed E-state index contributed by atoms with van der Waals surface area (Å²) in [5, 5.41) is 43.9. The Morgan fingerprint density at radius 2 is 1.14 bits per heavy atom. The first-order chi connectivity index (χ1) is 17.4. The Hall–Kier alpha value is -4.40. The fraction of sp³-hybridized carbons (Fsp3) is 0.111. The third-order valence-corrected chi connectivity index (χ3v) is 6.19. The molecule has 0 saturated heterocycles. The van der Waals surface area contributed by atoms with Gasteiger partial charge in [-0.15, -0.1) is 0 Å². The molecule has 0 atom stereocenters. The number of para-hydroxylation sites is 3. The molecule has 10 heteroatoms. The van der Waals surface area contributed by atoms with E-state index in [0.717, 1.165) is 0 Å². The van der Waals surface area contributed by atoms with E-state index in [1.165, 1.54) is 15.4 Å². The Labute approximate surface area is 223 Å². The number of benzene rings is 3. The molecule has 2 N–H and O–H groups in total. The first-order valence-corrected chi connectivity index (χ1v) is 11.3. The SMILES string of the molecule is Cc1nn(-c2ccccc2)c(O)c1C(c1ccccc1[N+](=O)[O-])c1c(C)nn(-c2ccccc2)c1O.[Cu]. The van der Waals surface area contributed by atoms with E-state index in [1.807, 2.05) is 36.4 Å². The Morgan fingerprint density at radius 1 is 0.730 bits per heavy atom. The molecule has 3 aromatic carbocycles. The average Bonchev–Trinajstić information content (AvgIpc) is 3.36. The maximum atomic E-state index is 12.0. The van der Waals surface area contributed by atoms with Gasteiger partial charge < -0.3 is 10.2 Å². The number of nitrogens with zero attached hydrogens (tertiary/aromatic N) is 5. The van der Waals surface area contributed by atoms with Crippen LogP contribution in [0.25, 0.3) is 11.4 Å². The summed E-state index contributed by atoms with van der Waals surface area (Å²) < 4.78 is 2.78. The van der Waals surface area contributed by atoms with Crippen molar-refractivity contribution in [1.82, 2.24) is 19.6 Å². The topological polar surface area (TPSA) is 119 Å². The van der Waals surface area contributed by atoms with E-state index in [4.69, 9.17) is 0 Å². The number of aromatic nitrogens is 4. The van der Waals surface area contributed by atoms with Crippen LogP contribution in [0.4, 0.5) is 5.69 Å². The van der Waals surface area contributed by atoms with Crippen LogP contribution in [0.2, 0.25) is 0 Å². The molecule has 37 heavy (non-hydrogen) atoms. The van der Waals surface area contributed by atoms with Crippen LogP contribution in [0.5, 0.6) is 11.8 Å². The number of nitro benzene ring substituents is 1. The van der Waals surface area contributed by atoms with E-state index in [9.17, 15) is 20.3 Å². The third kappa shape index (κ3) is 4.48. The van der Waals surface area contributed by atoms with Crippen molar-refractivity contribution in [3.63, 3.8) is 0 Å². The van der Waals surface area contributed by atoms with Crippen LogP contribution in [0.1, 0.15) is 34.0 Å². The third-order valence-electron chi connectivity index (χ3n) is 6.19. The summed E-state index contributed by atoms with van der Waals surface area (Å²) in [6, 6.07) is 24.5.